The molecule has 3 atom stereocenters. The van der Waals surface area contributed by atoms with E-state index in [4.69, 9.17) is 0 Å². The number of hydrogen-bond donors (Lipinski definition) is 2. The Morgan fingerprint density at radius 2 is 1.68 bits per heavy atom. The van der Waals surface area contributed by atoms with Gasteiger partial charge in [0.05, 0.1) is 10.9 Å². The van der Waals surface area contributed by atoms with Crippen LogP contribution in [0.4, 0.5) is 8.78 Å². The molecule has 1 saturated heterocycles. The number of aliphatic hydroxyl groups is 1. The van der Waals surface area contributed by atoms with Gasteiger partial charge < -0.3 is 10.4 Å². The summed E-state index contributed by atoms with van der Waals surface area (Å²) in [6.07, 6.45) is -0.0506. The van der Waals surface area contributed by atoms with Gasteiger partial charge >= 0.3 is 0 Å². The van der Waals surface area contributed by atoms with Gasteiger partial charge in [0.15, 0.2) is 0 Å². The van der Waals surface area contributed by atoms with Gasteiger partial charge in [-0.1, -0.05) is 48.5 Å². The average molecular weight is 503 g/mol. The summed E-state index contributed by atoms with van der Waals surface area (Å²) in [4.78, 5) is 13.6. The zero-order valence-corrected chi connectivity index (χ0v) is 19.8. The van der Waals surface area contributed by atoms with Crippen LogP contribution in [0.25, 0.3) is 11.1 Å². The highest BCUT2D eigenvalue weighted by Gasteiger charge is 2.37. The fourth-order valence-corrected chi connectivity index (χ4v) is 6.58. The van der Waals surface area contributed by atoms with Gasteiger partial charge in [0, 0.05) is 24.5 Å². The number of halogens is 2. The van der Waals surface area contributed by atoms with E-state index in [0.29, 0.717) is 17.2 Å². The van der Waals surface area contributed by atoms with Crippen molar-refractivity contribution in [1.82, 2.24) is 9.62 Å². The predicted octanol–water partition coefficient (Wildman–Crippen LogP) is 4.27. The minimum atomic E-state index is -1.59. The van der Waals surface area contributed by atoms with E-state index >= 15 is 0 Å². The first-order valence-electron chi connectivity index (χ1n) is 10.8. The topological polar surface area (TPSA) is 69.6 Å². The smallest absolute Gasteiger partial charge is 0.249 e. The molecule has 178 valence electrons. The molecular weight excluding hydrogens is 478 g/mol. The molecule has 1 aliphatic rings. The molecular formula is C25H24F2N2O3S2. The van der Waals surface area contributed by atoms with E-state index in [1.165, 1.54) is 17.8 Å². The maximum Gasteiger partial charge on any atom is 0.249 e. The molecule has 1 amide bonds. The van der Waals surface area contributed by atoms with Gasteiger partial charge in [-0.05, 0) is 41.8 Å². The maximum atomic E-state index is 14.3. The number of amides is 1. The lowest BCUT2D eigenvalue weighted by molar-refractivity contribution is -0.123. The highest BCUT2D eigenvalue weighted by molar-refractivity contribution is 8.01. The van der Waals surface area contributed by atoms with Crippen molar-refractivity contribution in [3.05, 3.63) is 90.0 Å². The molecule has 0 bridgehead atoms. The summed E-state index contributed by atoms with van der Waals surface area (Å²) in [5, 5.41) is 11.3. The van der Waals surface area contributed by atoms with Gasteiger partial charge in [-0.2, -0.15) is 4.31 Å². The summed E-state index contributed by atoms with van der Waals surface area (Å²) in [5.74, 6) is -1.50. The lowest BCUT2D eigenvalue weighted by Gasteiger charge is -2.25. The number of hydrogen-bond acceptors (Lipinski definition) is 4. The molecule has 9 heteroatoms. The van der Waals surface area contributed by atoms with Gasteiger partial charge in [-0.3, -0.25) is 4.79 Å². The summed E-state index contributed by atoms with van der Waals surface area (Å²) < 4.78 is 43.4. The molecule has 0 aliphatic carbocycles. The van der Waals surface area contributed by atoms with E-state index in [1.54, 1.807) is 16.4 Å². The first kappa shape index (κ1) is 24.5. The van der Waals surface area contributed by atoms with Crippen LogP contribution in [-0.2, 0) is 15.8 Å². The third-order valence-corrected chi connectivity index (χ3v) is 8.36. The first-order chi connectivity index (χ1) is 16.5. The molecule has 3 unspecified atom stereocenters. The number of aliphatic hydroxyl groups excluding tert-OH is 1. The number of carbonyl (C=O) groups is 1. The quantitative estimate of drug-likeness (QED) is 0.483. The molecule has 1 fully saturated rings. The standard InChI is InChI=1S/C25H24F2N2O3S2/c26-20-7-4-8-21(27)23(20)22(13-15-30)28-24(31)25-29(14-16-33-25)34(32)19-11-9-18(10-12-19)17-5-2-1-3-6-17/h1-12,22,25,30H,13-16H2,(H,28,31). The Hall–Kier alpha value is -2.59. The van der Waals surface area contributed by atoms with Gasteiger partial charge in [0.1, 0.15) is 28.0 Å². The second-order valence-corrected chi connectivity index (χ2v) is 10.3. The number of carbonyl (C=O) groups excluding carboxylic acids is 1. The Bertz CT molecular complexity index is 1140. The van der Waals surface area contributed by atoms with E-state index in [1.807, 2.05) is 42.5 Å². The van der Waals surface area contributed by atoms with E-state index in [-0.39, 0.29) is 18.6 Å². The van der Waals surface area contributed by atoms with Crippen LogP contribution in [-0.4, -0.2) is 43.8 Å². The normalized spacial score (nSPS) is 17.9. The molecule has 3 aromatic carbocycles. The predicted molar refractivity (Wildman–Crippen MR) is 130 cm³/mol. The summed E-state index contributed by atoms with van der Waals surface area (Å²) >= 11 is 1.32. The highest BCUT2D eigenvalue weighted by Crippen LogP contribution is 2.31. The van der Waals surface area contributed by atoms with Crippen LogP contribution < -0.4 is 5.32 Å². The minimum Gasteiger partial charge on any atom is -0.396 e. The molecule has 4 rings (SSSR count). The van der Waals surface area contributed by atoms with Crippen molar-refractivity contribution in [1.29, 1.82) is 0 Å². The SMILES string of the molecule is O=C(NC(CCO)c1c(F)cccc1F)C1SCCN1S(=O)c1ccc(-c2ccccc2)cc1. The fourth-order valence-electron chi connectivity index (χ4n) is 3.87. The van der Waals surface area contributed by atoms with Crippen molar-refractivity contribution >= 4 is 28.7 Å². The van der Waals surface area contributed by atoms with Crippen molar-refractivity contribution in [2.75, 3.05) is 18.9 Å². The average Bonchev–Trinajstić information content (AvgIpc) is 3.34. The molecule has 0 spiro atoms. The Morgan fingerprint density at radius 1 is 1.03 bits per heavy atom. The summed E-state index contributed by atoms with van der Waals surface area (Å²) in [6.45, 7) is 0.0640. The largest absolute Gasteiger partial charge is 0.396 e. The Kier molecular flexibility index (Phi) is 8.10. The van der Waals surface area contributed by atoms with Gasteiger partial charge in [-0.15, -0.1) is 11.8 Å². The van der Waals surface area contributed by atoms with E-state index in [0.717, 1.165) is 23.3 Å². The van der Waals surface area contributed by atoms with E-state index in [2.05, 4.69) is 5.32 Å². The molecule has 5 nitrogen and oxygen atoms in total. The number of nitrogens with zero attached hydrogens (tertiary/aromatic N) is 1. The monoisotopic (exact) mass is 502 g/mol. The number of benzene rings is 3. The summed E-state index contributed by atoms with van der Waals surface area (Å²) in [6, 6.07) is 19.6. The third kappa shape index (κ3) is 5.38. The van der Waals surface area contributed by atoms with Crippen molar-refractivity contribution < 1.29 is 22.9 Å². The van der Waals surface area contributed by atoms with Crippen LogP contribution in [0.2, 0.25) is 0 Å². The zero-order chi connectivity index (χ0) is 24.1. The van der Waals surface area contributed by atoms with Crippen LogP contribution in [0.3, 0.4) is 0 Å². The summed E-state index contributed by atoms with van der Waals surface area (Å²) in [7, 11) is -1.59. The van der Waals surface area contributed by atoms with Crippen LogP contribution in [0.1, 0.15) is 18.0 Å². The molecule has 0 aromatic heterocycles. The van der Waals surface area contributed by atoms with Crippen LogP contribution in [0.15, 0.2) is 77.7 Å². The first-order valence-corrected chi connectivity index (χ1v) is 13.0. The Balaban J connectivity index is 1.50. The number of nitrogens with one attached hydrogen (secondary N) is 1. The number of rotatable bonds is 8. The lowest BCUT2D eigenvalue weighted by atomic mass is 10.0. The van der Waals surface area contributed by atoms with Crippen molar-refractivity contribution in [3.8, 4) is 11.1 Å². The van der Waals surface area contributed by atoms with E-state index in [9.17, 15) is 22.9 Å². The van der Waals surface area contributed by atoms with Crippen LogP contribution in [0.5, 0.6) is 0 Å². The van der Waals surface area contributed by atoms with Crippen molar-refractivity contribution in [3.63, 3.8) is 0 Å². The highest BCUT2D eigenvalue weighted by atomic mass is 32.2. The van der Waals surface area contributed by atoms with Gasteiger partial charge in [0.2, 0.25) is 5.91 Å². The maximum absolute atomic E-state index is 14.3. The molecule has 0 radical (unpaired) electrons. The molecule has 2 N–H and O–H groups in total. The summed E-state index contributed by atoms with van der Waals surface area (Å²) in [5.41, 5.74) is 1.74. The second kappa shape index (κ2) is 11.2. The molecule has 0 saturated carbocycles. The molecule has 1 aliphatic heterocycles. The Morgan fingerprint density at radius 3 is 2.32 bits per heavy atom. The van der Waals surface area contributed by atoms with Crippen LogP contribution in [0, 0.1) is 11.6 Å². The lowest BCUT2D eigenvalue weighted by Crippen LogP contribution is -2.44. The number of thioether (sulfide) groups is 1. The molecule has 34 heavy (non-hydrogen) atoms. The third-order valence-electron chi connectivity index (χ3n) is 5.53. The molecule has 3 aromatic rings. The van der Waals surface area contributed by atoms with Gasteiger partial charge in [-0.25, -0.2) is 13.0 Å². The van der Waals surface area contributed by atoms with Gasteiger partial charge in [0.25, 0.3) is 0 Å². The van der Waals surface area contributed by atoms with E-state index < -0.39 is 39.9 Å². The van der Waals surface area contributed by atoms with Crippen molar-refractivity contribution in [2.24, 2.45) is 0 Å². The van der Waals surface area contributed by atoms with Crippen LogP contribution >= 0.6 is 11.8 Å². The zero-order valence-electron chi connectivity index (χ0n) is 18.2. The molecule has 1 heterocycles. The fraction of sp³-hybridized carbons (Fsp3) is 0.240. The minimum absolute atomic E-state index is 0.0506. The second-order valence-electron chi connectivity index (χ2n) is 7.71. The Labute approximate surface area is 203 Å². The van der Waals surface area contributed by atoms with Crippen molar-refractivity contribution in [2.45, 2.75) is 22.7 Å².